The van der Waals surface area contributed by atoms with Crippen molar-refractivity contribution in [3.63, 3.8) is 0 Å². The van der Waals surface area contributed by atoms with Crippen LogP contribution in [0, 0.1) is 0 Å². The van der Waals surface area contributed by atoms with Gasteiger partial charge in [-0.1, -0.05) is 30.3 Å². The molecule has 0 bridgehead atoms. The Morgan fingerprint density at radius 2 is 1.41 bits per heavy atom. The molecule has 0 atom stereocenters. The van der Waals surface area contributed by atoms with E-state index in [1.165, 1.54) is 12.1 Å². The molecule has 0 fully saturated rings. The van der Waals surface area contributed by atoms with E-state index in [0.717, 1.165) is 10.9 Å². The highest BCUT2D eigenvalue weighted by Crippen LogP contribution is 2.21. The van der Waals surface area contributed by atoms with Crippen molar-refractivity contribution < 1.29 is 10.2 Å². The lowest BCUT2D eigenvalue weighted by Gasteiger charge is -1.91. The minimum atomic E-state index is -0.0764. The molecule has 17 heavy (non-hydrogen) atoms. The fourth-order valence-electron chi connectivity index (χ4n) is 1.35. The molecule has 0 saturated carbocycles. The molecule has 0 aliphatic carbocycles. The van der Waals surface area contributed by atoms with Gasteiger partial charge in [0.05, 0.1) is 11.7 Å². The number of hydrogen-bond acceptors (Lipinski definition) is 3. The second kappa shape index (κ2) is 5.03. The minimum absolute atomic E-state index is 0.0764. The van der Waals surface area contributed by atoms with Gasteiger partial charge in [-0.3, -0.25) is 5.10 Å². The summed E-state index contributed by atoms with van der Waals surface area (Å²) in [6, 6.07) is 14.2. The summed E-state index contributed by atoms with van der Waals surface area (Å²) in [5, 5.41) is 25.2. The van der Waals surface area contributed by atoms with Crippen LogP contribution < -0.4 is 0 Å². The van der Waals surface area contributed by atoms with Crippen LogP contribution in [0.2, 0.25) is 0 Å². The average molecular weight is 228 g/mol. The summed E-state index contributed by atoms with van der Waals surface area (Å²) >= 11 is 0. The predicted octanol–water partition coefficient (Wildman–Crippen LogP) is 2.66. The van der Waals surface area contributed by atoms with E-state index >= 15 is 0 Å². The fraction of sp³-hybridized carbons (Fsp3) is 0. The molecule has 0 spiro atoms. The van der Waals surface area contributed by atoms with E-state index in [2.05, 4.69) is 10.2 Å². The van der Waals surface area contributed by atoms with Gasteiger partial charge in [0.15, 0.2) is 11.5 Å². The molecule has 2 aromatic carbocycles. The van der Waals surface area contributed by atoms with Crippen molar-refractivity contribution in [2.24, 2.45) is 0 Å². The number of benzene rings is 2. The molecule has 0 aliphatic rings. The number of para-hydroxylation sites is 3. The monoisotopic (exact) mass is 228 g/mol. The Bertz CT molecular complexity index is 554. The van der Waals surface area contributed by atoms with Crippen LogP contribution in [0.1, 0.15) is 0 Å². The van der Waals surface area contributed by atoms with Gasteiger partial charge in [0, 0.05) is 5.39 Å². The summed E-state index contributed by atoms with van der Waals surface area (Å²) in [6.45, 7) is 0. The van der Waals surface area contributed by atoms with Gasteiger partial charge in [0.1, 0.15) is 0 Å². The zero-order chi connectivity index (χ0) is 12.1. The third kappa shape index (κ3) is 2.75. The highest BCUT2D eigenvalue weighted by molar-refractivity contribution is 5.77. The molecular weight excluding hydrogens is 216 g/mol. The van der Waals surface area contributed by atoms with Crippen molar-refractivity contribution in [1.29, 1.82) is 0 Å². The number of aromatic hydroxyl groups is 2. The topological polar surface area (TPSA) is 69.1 Å². The lowest BCUT2D eigenvalue weighted by Crippen LogP contribution is -1.63. The first-order chi connectivity index (χ1) is 8.27. The maximum absolute atomic E-state index is 8.67. The van der Waals surface area contributed by atoms with Crippen molar-refractivity contribution in [1.82, 2.24) is 10.2 Å². The lowest BCUT2D eigenvalue weighted by molar-refractivity contribution is 0.404. The number of rotatable bonds is 0. The van der Waals surface area contributed by atoms with Gasteiger partial charge in [-0.15, -0.1) is 0 Å². The first-order valence-corrected chi connectivity index (χ1v) is 5.12. The number of phenolic OH excluding ortho intramolecular Hbond substituents is 2. The molecule has 3 N–H and O–H groups in total. The van der Waals surface area contributed by atoms with Crippen molar-refractivity contribution in [3.05, 3.63) is 54.7 Å². The van der Waals surface area contributed by atoms with Gasteiger partial charge in [0.25, 0.3) is 0 Å². The normalized spacial score (nSPS) is 9.65. The second-order valence-corrected chi connectivity index (χ2v) is 3.45. The highest BCUT2D eigenvalue weighted by atomic mass is 16.3. The van der Waals surface area contributed by atoms with Gasteiger partial charge in [-0.05, 0) is 18.2 Å². The molecule has 0 aliphatic heterocycles. The third-order valence-corrected chi connectivity index (χ3v) is 2.23. The van der Waals surface area contributed by atoms with Crippen molar-refractivity contribution in [3.8, 4) is 11.5 Å². The van der Waals surface area contributed by atoms with E-state index in [-0.39, 0.29) is 11.5 Å². The number of fused-ring (bicyclic) bond motifs is 1. The van der Waals surface area contributed by atoms with Crippen LogP contribution in [-0.4, -0.2) is 20.4 Å². The van der Waals surface area contributed by atoms with Crippen molar-refractivity contribution in [2.45, 2.75) is 0 Å². The van der Waals surface area contributed by atoms with Gasteiger partial charge >= 0.3 is 0 Å². The smallest absolute Gasteiger partial charge is 0.157 e. The number of H-pyrrole nitrogens is 1. The molecule has 3 aromatic rings. The third-order valence-electron chi connectivity index (χ3n) is 2.23. The molecule has 0 amide bonds. The zero-order valence-electron chi connectivity index (χ0n) is 9.04. The maximum Gasteiger partial charge on any atom is 0.157 e. The van der Waals surface area contributed by atoms with Crippen LogP contribution in [0.25, 0.3) is 10.9 Å². The number of aromatic nitrogens is 2. The Labute approximate surface area is 98.2 Å². The molecule has 1 aromatic heterocycles. The molecular formula is C13H12N2O2. The first kappa shape index (κ1) is 11.0. The van der Waals surface area contributed by atoms with E-state index in [9.17, 15) is 0 Å². The van der Waals surface area contributed by atoms with E-state index in [1.54, 1.807) is 12.1 Å². The lowest BCUT2D eigenvalue weighted by atomic mass is 10.3. The minimum Gasteiger partial charge on any atom is -0.504 e. The highest BCUT2D eigenvalue weighted by Gasteiger charge is 1.90. The molecule has 4 heteroatoms. The summed E-state index contributed by atoms with van der Waals surface area (Å²) in [4.78, 5) is 0. The quantitative estimate of drug-likeness (QED) is 0.518. The summed E-state index contributed by atoms with van der Waals surface area (Å²) < 4.78 is 0. The number of hydrogen-bond donors (Lipinski definition) is 3. The Kier molecular flexibility index (Phi) is 3.25. The van der Waals surface area contributed by atoms with E-state index in [0.29, 0.717) is 0 Å². The Balaban J connectivity index is 0.000000128. The van der Waals surface area contributed by atoms with Crippen LogP contribution in [-0.2, 0) is 0 Å². The van der Waals surface area contributed by atoms with Crippen molar-refractivity contribution >= 4 is 10.9 Å². The number of phenols is 2. The van der Waals surface area contributed by atoms with Gasteiger partial charge in [-0.25, -0.2) is 0 Å². The van der Waals surface area contributed by atoms with Crippen LogP contribution in [0.3, 0.4) is 0 Å². The summed E-state index contributed by atoms with van der Waals surface area (Å²) in [7, 11) is 0. The maximum atomic E-state index is 8.67. The van der Waals surface area contributed by atoms with Crippen LogP contribution >= 0.6 is 0 Å². The summed E-state index contributed by atoms with van der Waals surface area (Å²) in [5.74, 6) is -0.153. The van der Waals surface area contributed by atoms with E-state index in [4.69, 9.17) is 10.2 Å². The molecule has 4 nitrogen and oxygen atoms in total. The largest absolute Gasteiger partial charge is 0.504 e. The zero-order valence-corrected chi connectivity index (χ0v) is 9.04. The standard InChI is InChI=1S/C7H6N2.C6H6O2/c1-2-4-7-6(3-1)5-8-9-7;7-5-3-1-2-4-6(5)8/h1-5H,(H,8,9);1-4,7-8H. The molecule has 3 rings (SSSR count). The predicted molar refractivity (Wildman–Crippen MR) is 65.9 cm³/mol. The first-order valence-electron chi connectivity index (χ1n) is 5.12. The summed E-state index contributed by atoms with van der Waals surface area (Å²) in [5.41, 5.74) is 1.09. The molecule has 0 unspecified atom stereocenters. The number of nitrogens with zero attached hydrogens (tertiary/aromatic N) is 1. The molecule has 0 saturated heterocycles. The van der Waals surface area contributed by atoms with Crippen LogP contribution in [0.15, 0.2) is 54.7 Å². The molecule has 86 valence electrons. The van der Waals surface area contributed by atoms with Crippen LogP contribution in [0.4, 0.5) is 0 Å². The van der Waals surface area contributed by atoms with Gasteiger partial charge < -0.3 is 10.2 Å². The summed E-state index contributed by atoms with van der Waals surface area (Å²) in [6.07, 6.45) is 1.81. The fourth-order valence-corrected chi connectivity index (χ4v) is 1.35. The van der Waals surface area contributed by atoms with Gasteiger partial charge in [-0.2, -0.15) is 5.10 Å². The van der Waals surface area contributed by atoms with E-state index < -0.39 is 0 Å². The average Bonchev–Trinajstić information content (AvgIpc) is 2.82. The number of nitrogens with one attached hydrogen (secondary N) is 1. The Hall–Kier alpha value is -2.49. The van der Waals surface area contributed by atoms with Gasteiger partial charge in [0.2, 0.25) is 0 Å². The second-order valence-electron chi connectivity index (χ2n) is 3.45. The molecule has 0 radical (unpaired) electrons. The SMILES string of the molecule is Oc1ccccc1O.c1ccc2[nH]ncc2c1. The van der Waals surface area contributed by atoms with Crippen molar-refractivity contribution in [2.75, 3.05) is 0 Å². The Morgan fingerprint density at radius 1 is 0.824 bits per heavy atom. The molecule has 1 heterocycles. The number of aromatic amines is 1. The Morgan fingerprint density at radius 3 is 2.00 bits per heavy atom. The van der Waals surface area contributed by atoms with Crippen LogP contribution in [0.5, 0.6) is 11.5 Å². The van der Waals surface area contributed by atoms with E-state index in [1.807, 2.05) is 30.5 Å².